The van der Waals surface area contributed by atoms with Crippen molar-refractivity contribution in [3.8, 4) is 49.6 Å². The summed E-state index contributed by atoms with van der Waals surface area (Å²) in [5, 5.41) is 19.2. The maximum absolute atomic E-state index is 11.8. The maximum Gasteiger partial charge on any atom is 0.346 e. The highest BCUT2D eigenvalue weighted by Crippen LogP contribution is 2.51. The van der Waals surface area contributed by atoms with Gasteiger partial charge in [0.1, 0.15) is 11.6 Å². The molecule has 72 heavy (non-hydrogen) atoms. The molecule has 0 saturated carbocycles. The molecule has 7 nitrogen and oxygen atoms in total. The van der Waals surface area contributed by atoms with E-state index in [2.05, 4.69) is 191 Å². The largest absolute Gasteiger partial charge is 0.477 e. The maximum atomic E-state index is 11.8. The quantitative estimate of drug-likeness (QED) is 0.0521. The summed E-state index contributed by atoms with van der Waals surface area (Å²) in [5.74, 6) is 0.0691. The van der Waals surface area contributed by atoms with E-state index < -0.39 is 5.97 Å². The first-order valence-electron chi connectivity index (χ1n) is 24.7. The molecular weight excluding hydrogens is 905 g/mol. The second-order valence-electron chi connectivity index (χ2n) is 17.9. The number of hydrogen-bond donors (Lipinski definition) is 1. The minimum atomic E-state index is -1.27. The normalized spacial score (nSPS) is 11.8. The van der Waals surface area contributed by atoms with E-state index in [1.54, 1.807) is 11.3 Å². The van der Waals surface area contributed by atoms with Gasteiger partial charge in [0.2, 0.25) is 0 Å². The fourth-order valence-corrected chi connectivity index (χ4v) is 10.6. The van der Waals surface area contributed by atoms with Crippen molar-refractivity contribution >= 4 is 68.9 Å². The lowest BCUT2D eigenvalue weighted by Gasteiger charge is -2.33. The monoisotopic (exact) mass is 958 g/mol. The van der Waals surface area contributed by atoms with Crippen molar-refractivity contribution in [3.63, 3.8) is 0 Å². The number of thiophene rings is 1. The first-order chi connectivity index (χ1) is 35.4. The van der Waals surface area contributed by atoms with Crippen LogP contribution in [0.2, 0.25) is 0 Å². The number of ether oxygens (including phenoxy) is 1. The molecule has 0 bridgehead atoms. The van der Waals surface area contributed by atoms with Crippen LogP contribution >= 0.6 is 11.3 Å². The van der Waals surface area contributed by atoms with Crippen molar-refractivity contribution in [1.82, 2.24) is 0 Å². The molecule has 1 aliphatic heterocycles. The first-order valence-corrected chi connectivity index (χ1v) is 25.5. The number of rotatable bonds is 18. The van der Waals surface area contributed by atoms with Crippen LogP contribution in [0.3, 0.4) is 0 Å². The molecule has 10 rings (SSSR count). The van der Waals surface area contributed by atoms with Gasteiger partial charge in [-0.25, -0.2) is 4.79 Å². The number of fused-ring (bicyclic) bond motifs is 2. The molecule has 1 aromatic heterocycles. The van der Waals surface area contributed by atoms with Crippen molar-refractivity contribution in [2.45, 2.75) is 45.4 Å². The zero-order valence-corrected chi connectivity index (χ0v) is 41.0. The van der Waals surface area contributed by atoms with Crippen LogP contribution in [0.25, 0.3) is 38.1 Å². The van der Waals surface area contributed by atoms with Crippen molar-refractivity contribution in [1.29, 1.82) is 5.26 Å². The van der Waals surface area contributed by atoms with E-state index in [0.29, 0.717) is 11.3 Å². The predicted octanol–water partition coefficient (Wildman–Crippen LogP) is 18.3. The fraction of sp³-hybridized carbons (Fsp3) is 0.125. The Labute approximate surface area is 426 Å². The Hall–Kier alpha value is -8.64. The molecule has 9 aromatic rings. The van der Waals surface area contributed by atoms with Gasteiger partial charge < -0.3 is 24.5 Å². The molecule has 8 heteroatoms. The molecule has 0 amide bonds. The molecule has 2 heterocycles. The van der Waals surface area contributed by atoms with Gasteiger partial charge in [0.05, 0.1) is 11.4 Å². The lowest BCUT2D eigenvalue weighted by Crippen LogP contribution is -2.22. The first kappa shape index (κ1) is 47.1. The third-order valence-electron chi connectivity index (χ3n) is 13.0. The molecule has 0 atom stereocenters. The summed E-state index contributed by atoms with van der Waals surface area (Å²) in [6.07, 6.45) is 8.39. The van der Waals surface area contributed by atoms with Gasteiger partial charge in [-0.1, -0.05) is 148 Å². The summed E-state index contributed by atoms with van der Waals surface area (Å²) in [5.41, 5.74) is 12.9. The van der Waals surface area contributed by atoms with Crippen LogP contribution in [0, 0.1) is 11.3 Å². The topological polar surface area (TPSA) is 80.0 Å². The number of aliphatic carboxylic acids is 1. The van der Waals surface area contributed by atoms with Crippen LogP contribution in [-0.4, -0.2) is 17.6 Å². The van der Waals surface area contributed by atoms with Crippen molar-refractivity contribution in [3.05, 3.63) is 223 Å². The lowest BCUT2D eigenvalue weighted by atomic mass is 9.99. The zero-order valence-electron chi connectivity index (χ0n) is 40.2. The van der Waals surface area contributed by atoms with Gasteiger partial charge in [-0.3, -0.25) is 0 Å². The predicted molar refractivity (Wildman–Crippen MR) is 298 cm³/mol. The van der Waals surface area contributed by atoms with Crippen LogP contribution in [-0.2, 0) is 4.79 Å². The smallest absolute Gasteiger partial charge is 0.346 e. The van der Waals surface area contributed by atoms with Crippen LogP contribution in [0.5, 0.6) is 11.5 Å². The number of carbonyl (C=O) groups is 1. The lowest BCUT2D eigenvalue weighted by molar-refractivity contribution is -0.132. The molecule has 0 radical (unpaired) electrons. The average Bonchev–Trinajstić information content (AvgIpc) is 3.88. The number of para-hydroxylation sites is 4. The minimum Gasteiger partial charge on any atom is -0.477 e. The van der Waals surface area contributed by atoms with Crippen LogP contribution in [0.1, 0.15) is 51.0 Å². The molecule has 1 N–H and O–H groups in total. The highest BCUT2D eigenvalue weighted by molar-refractivity contribution is 7.19. The summed E-state index contributed by atoms with van der Waals surface area (Å²) in [7, 11) is 0. The molecule has 0 fully saturated rings. The van der Waals surface area contributed by atoms with E-state index in [4.69, 9.17) is 4.74 Å². The zero-order chi connectivity index (χ0) is 49.2. The summed E-state index contributed by atoms with van der Waals surface area (Å²) in [6.45, 7) is 3.04. The number of anilines is 8. The highest BCUT2D eigenvalue weighted by Gasteiger charge is 2.27. The van der Waals surface area contributed by atoms with Gasteiger partial charge in [-0.15, -0.1) is 11.3 Å². The summed E-state index contributed by atoms with van der Waals surface area (Å²) in [6, 6.07) is 75.8. The van der Waals surface area contributed by atoms with E-state index in [1.807, 2.05) is 48.5 Å². The Morgan fingerprint density at radius 1 is 0.556 bits per heavy atom. The molecule has 0 saturated heterocycles. The van der Waals surface area contributed by atoms with Crippen molar-refractivity contribution < 1.29 is 14.6 Å². The van der Waals surface area contributed by atoms with E-state index in [0.717, 1.165) is 103 Å². The summed E-state index contributed by atoms with van der Waals surface area (Å²) in [4.78, 5) is 20.9. The van der Waals surface area contributed by atoms with Gasteiger partial charge in [-0.05, 0) is 138 Å². The number of carboxylic acids is 1. The number of hydrogen-bond acceptors (Lipinski definition) is 7. The van der Waals surface area contributed by atoms with E-state index >= 15 is 0 Å². The Morgan fingerprint density at radius 2 is 1.01 bits per heavy atom. The average molecular weight is 959 g/mol. The van der Waals surface area contributed by atoms with Gasteiger partial charge in [0, 0.05) is 56.0 Å². The molecule has 354 valence electrons. The third kappa shape index (κ3) is 10.3. The molecular formula is C64H54N4O3S. The van der Waals surface area contributed by atoms with Crippen molar-refractivity contribution in [2.24, 2.45) is 0 Å². The van der Waals surface area contributed by atoms with E-state index in [-0.39, 0.29) is 5.57 Å². The van der Waals surface area contributed by atoms with Gasteiger partial charge >= 0.3 is 5.97 Å². The van der Waals surface area contributed by atoms with Gasteiger partial charge in [-0.2, -0.15) is 5.26 Å². The number of carboxylic acid groups (broad SMARTS) is 1. The van der Waals surface area contributed by atoms with Gasteiger partial charge in [0.25, 0.3) is 0 Å². The number of unbranched alkanes of at least 4 members (excludes halogenated alkanes) is 5. The molecule has 1 aliphatic rings. The SMILES string of the molecule is CCCCCCCCN1c2ccc(/C=C(/C#N)C(=O)O)cc2Oc2cc(-c3sc(-c4ccc(N(c5ccccc5)c5ccccc5)cc4)cc3-c3ccc(N(c4ccccc4)c4ccccc4)cc3)ccc21. The summed E-state index contributed by atoms with van der Waals surface area (Å²) < 4.78 is 6.81. The van der Waals surface area contributed by atoms with Crippen molar-refractivity contribution in [2.75, 3.05) is 21.2 Å². The molecule has 0 unspecified atom stereocenters. The number of nitrogens with zero attached hydrogens (tertiary/aromatic N) is 4. The Morgan fingerprint density at radius 3 is 1.53 bits per heavy atom. The Kier molecular flexibility index (Phi) is 14.4. The fourth-order valence-electron chi connectivity index (χ4n) is 9.46. The molecule has 0 aliphatic carbocycles. The molecule has 0 spiro atoms. The number of nitriles is 1. The molecule has 8 aromatic carbocycles. The number of benzene rings is 8. The van der Waals surface area contributed by atoms with Crippen LogP contribution in [0.15, 0.2) is 218 Å². The minimum absolute atomic E-state index is 0.335. The standard InChI is InChI=1S/C64H54N4O3S/c1-2-3-4-5-6-19-40-66-58-38-28-46(41-50(45-65)64(69)70)42-60(58)71-61-43-49(33-39-59(61)66)63-57(47-29-34-55(35-30-47)67(51-20-11-7-12-21-51)52-22-13-8-14-23-52)44-62(72-63)48-31-36-56(37-32-48)68(53-24-15-9-16-25-53)54-26-17-10-18-27-54/h7-18,20-39,41-44H,2-6,19,40H2,1H3,(H,69,70)/b50-41-. The van der Waals surface area contributed by atoms with E-state index in [9.17, 15) is 15.2 Å². The highest BCUT2D eigenvalue weighted by atomic mass is 32.1. The van der Waals surface area contributed by atoms with Gasteiger partial charge in [0.15, 0.2) is 11.5 Å². The van der Waals surface area contributed by atoms with Crippen LogP contribution in [0.4, 0.5) is 45.5 Å². The second-order valence-corrected chi connectivity index (χ2v) is 18.9. The second kappa shape index (κ2) is 22.0. The Balaban J connectivity index is 1.06. The summed E-state index contributed by atoms with van der Waals surface area (Å²) >= 11 is 1.76. The van der Waals surface area contributed by atoms with Crippen LogP contribution < -0.4 is 19.4 Å². The Bertz CT molecular complexity index is 3270. The third-order valence-corrected chi connectivity index (χ3v) is 14.3. The van der Waals surface area contributed by atoms with E-state index in [1.165, 1.54) is 31.8 Å².